The number of allylic oxidation sites excluding steroid dienone is 2. The third-order valence-electron chi connectivity index (χ3n) is 4.21. The van der Waals surface area contributed by atoms with E-state index in [1.54, 1.807) is 0 Å². The van der Waals surface area contributed by atoms with Crippen molar-refractivity contribution in [2.45, 2.75) is 82.7 Å². The van der Waals surface area contributed by atoms with E-state index in [1.165, 1.54) is 38.5 Å². The third-order valence-corrected chi connectivity index (χ3v) is 4.21. The topological polar surface area (TPSA) is 79.2 Å². The second-order valence-corrected chi connectivity index (χ2v) is 6.26. The van der Waals surface area contributed by atoms with Crippen molar-refractivity contribution < 1.29 is 24.8 Å². The molecule has 0 radical (unpaired) electrons. The molecule has 0 aromatic carbocycles. The SMILES string of the molecule is CCC/C=C/CCCCCCCO[C@H](CO)[C@H]1OC[C@H](O)[C@H]1O. The zero-order valence-corrected chi connectivity index (χ0v) is 14.4. The van der Waals surface area contributed by atoms with E-state index in [-0.39, 0.29) is 13.2 Å². The van der Waals surface area contributed by atoms with E-state index < -0.39 is 24.4 Å². The van der Waals surface area contributed by atoms with Gasteiger partial charge >= 0.3 is 0 Å². The van der Waals surface area contributed by atoms with Crippen LogP contribution >= 0.6 is 0 Å². The maximum absolute atomic E-state index is 9.76. The highest BCUT2D eigenvalue weighted by molar-refractivity contribution is 4.88. The summed E-state index contributed by atoms with van der Waals surface area (Å²) in [5, 5.41) is 28.6. The molecule has 23 heavy (non-hydrogen) atoms. The zero-order valence-electron chi connectivity index (χ0n) is 14.4. The second kappa shape index (κ2) is 12.9. The van der Waals surface area contributed by atoms with Crippen LogP contribution in [0, 0.1) is 0 Å². The smallest absolute Gasteiger partial charge is 0.114 e. The van der Waals surface area contributed by atoms with Crippen molar-refractivity contribution in [3.8, 4) is 0 Å². The molecule has 1 rings (SSSR count). The lowest BCUT2D eigenvalue weighted by atomic mass is 10.1. The summed E-state index contributed by atoms with van der Waals surface area (Å²) in [4.78, 5) is 0. The summed E-state index contributed by atoms with van der Waals surface area (Å²) in [6.07, 6.45) is 10.7. The first-order valence-electron chi connectivity index (χ1n) is 9.05. The van der Waals surface area contributed by atoms with Gasteiger partial charge in [-0.1, -0.05) is 44.8 Å². The van der Waals surface area contributed by atoms with Crippen LogP contribution < -0.4 is 0 Å². The van der Waals surface area contributed by atoms with Gasteiger partial charge in [0.25, 0.3) is 0 Å². The second-order valence-electron chi connectivity index (χ2n) is 6.26. The molecule has 0 amide bonds. The number of aliphatic hydroxyl groups excluding tert-OH is 3. The Balaban J connectivity index is 1.99. The Bertz CT molecular complexity index is 308. The number of rotatable bonds is 13. The van der Waals surface area contributed by atoms with E-state index in [9.17, 15) is 15.3 Å². The first-order chi connectivity index (χ1) is 11.2. The van der Waals surface area contributed by atoms with Crippen LogP contribution in [0.2, 0.25) is 0 Å². The lowest BCUT2D eigenvalue weighted by Crippen LogP contribution is -2.42. The van der Waals surface area contributed by atoms with Gasteiger partial charge in [0.05, 0.1) is 13.2 Å². The van der Waals surface area contributed by atoms with Crippen LogP contribution in [0.25, 0.3) is 0 Å². The minimum atomic E-state index is -0.979. The molecule has 0 aliphatic carbocycles. The maximum atomic E-state index is 9.76. The largest absolute Gasteiger partial charge is 0.394 e. The standard InChI is InChI=1S/C18H34O5/c1-2-3-4-5-6-7-8-9-10-11-12-22-16(13-19)18-17(21)15(20)14-23-18/h4-5,15-21H,2-3,6-14H2,1H3/b5-4+/t15-,16+,17+,18+/m0/s1. The Hall–Kier alpha value is -0.460. The number of hydrogen-bond donors (Lipinski definition) is 3. The molecule has 0 aromatic rings. The van der Waals surface area contributed by atoms with Crippen LogP contribution in [0.3, 0.4) is 0 Å². The van der Waals surface area contributed by atoms with Gasteiger partial charge in [-0.05, 0) is 25.7 Å². The first kappa shape index (κ1) is 20.6. The van der Waals surface area contributed by atoms with E-state index >= 15 is 0 Å². The fourth-order valence-electron chi connectivity index (χ4n) is 2.74. The summed E-state index contributed by atoms with van der Waals surface area (Å²) in [7, 11) is 0. The molecule has 1 heterocycles. The van der Waals surface area contributed by atoms with Gasteiger partial charge in [0.2, 0.25) is 0 Å². The van der Waals surface area contributed by atoms with Crippen molar-refractivity contribution in [2.75, 3.05) is 19.8 Å². The average Bonchev–Trinajstić information content (AvgIpc) is 2.88. The summed E-state index contributed by atoms with van der Waals surface area (Å²) < 4.78 is 10.9. The summed E-state index contributed by atoms with van der Waals surface area (Å²) >= 11 is 0. The lowest BCUT2D eigenvalue weighted by molar-refractivity contribution is -0.101. The highest BCUT2D eigenvalue weighted by Gasteiger charge is 2.40. The summed E-state index contributed by atoms with van der Waals surface area (Å²) in [6.45, 7) is 2.62. The normalized spacial score (nSPS) is 26.2. The number of hydrogen-bond acceptors (Lipinski definition) is 5. The van der Waals surface area contributed by atoms with Gasteiger partial charge < -0.3 is 24.8 Å². The summed E-state index contributed by atoms with van der Waals surface area (Å²) in [5.74, 6) is 0. The Morgan fingerprint density at radius 3 is 2.43 bits per heavy atom. The molecule has 5 nitrogen and oxygen atoms in total. The fraction of sp³-hybridized carbons (Fsp3) is 0.889. The molecule has 0 bridgehead atoms. The lowest BCUT2D eigenvalue weighted by Gasteiger charge is -2.24. The molecular weight excluding hydrogens is 296 g/mol. The van der Waals surface area contributed by atoms with E-state index in [0.29, 0.717) is 6.61 Å². The Morgan fingerprint density at radius 1 is 1.09 bits per heavy atom. The van der Waals surface area contributed by atoms with Crippen LogP contribution in [0.1, 0.15) is 58.3 Å². The number of aliphatic hydroxyl groups is 3. The van der Waals surface area contributed by atoms with Crippen LogP contribution in [-0.4, -0.2) is 59.6 Å². The molecule has 1 saturated heterocycles. The summed E-state index contributed by atoms with van der Waals surface area (Å²) in [6, 6.07) is 0. The van der Waals surface area contributed by atoms with Gasteiger partial charge in [-0.15, -0.1) is 0 Å². The molecule has 136 valence electrons. The molecule has 1 fully saturated rings. The Labute approximate surface area is 140 Å². The van der Waals surface area contributed by atoms with Crippen LogP contribution in [0.5, 0.6) is 0 Å². The Kier molecular flexibility index (Phi) is 11.5. The van der Waals surface area contributed by atoms with Gasteiger partial charge in [-0.2, -0.15) is 0 Å². The van der Waals surface area contributed by atoms with Crippen molar-refractivity contribution in [2.24, 2.45) is 0 Å². The molecule has 1 aliphatic heterocycles. The molecule has 0 saturated carbocycles. The predicted octanol–water partition coefficient (Wildman–Crippen LogP) is 2.18. The molecule has 1 aliphatic rings. The highest BCUT2D eigenvalue weighted by atomic mass is 16.6. The molecule has 4 atom stereocenters. The number of unbranched alkanes of at least 4 members (excludes halogenated alkanes) is 6. The highest BCUT2D eigenvalue weighted by Crippen LogP contribution is 2.19. The third kappa shape index (κ3) is 8.27. The maximum Gasteiger partial charge on any atom is 0.114 e. The van der Waals surface area contributed by atoms with Crippen molar-refractivity contribution in [3.05, 3.63) is 12.2 Å². The van der Waals surface area contributed by atoms with E-state index in [2.05, 4.69) is 19.1 Å². The van der Waals surface area contributed by atoms with Gasteiger partial charge in [0.15, 0.2) is 0 Å². The van der Waals surface area contributed by atoms with Gasteiger partial charge in [-0.3, -0.25) is 0 Å². The molecular formula is C18H34O5. The quantitative estimate of drug-likeness (QED) is 0.356. The Morgan fingerprint density at radius 2 is 1.78 bits per heavy atom. The molecule has 5 heteroatoms. The van der Waals surface area contributed by atoms with Gasteiger partial charge in [0.1, 0.15) is 24.4 Å². The zero-order chi connectivity index (χ0) is 16.9. The van der Waals surface area contributed by atoms with E-state index in [0.717, 1.165) is 12.8 Å². The molecule has 3 N–H and O–H groups in total. The van der Waals surface area contributed by atoms with E-state index in [1.807, 2.05) is 0 Å². The van der Waals surface area contributed by atoms with Crippen molar-refractivity contribution in [1.29, 1.82) is 0 Å². The van der Waals surface area contributed by atoms with Crippen molar-refractivity contribution >= 4 is 0 Å². The molecule has 0 spiro atoms. The first-order valence-corrected chi connectivity index (χ1v) is 9.05. The van der Waals surface area contributed by atoms with Gasteiger partial charge in [0, 0.05) is 6.61 Å². The fourth-order valence-corrected chi connectivity index (χ4v) is 2.74. The van der Waals surface area contributed by atoms with Crippen LogP contribution in [-0.2, 0) is 9.47 Å². The number of ether oxygens (including phenoxy) is 2. The molecule has 0 unspecified atom stereocenters. The monoisotopic (exact) mass is 330 g/mol. The van der Waals surface area contributed by atoms with Crippen molar-refractivity contribution in [1.82, 2.24) is 0 Å². The minimum absolute atomic E-state index is 0.0956. The van der Waals surface area contributed by atoms with Crippen LogP contribution in [0.15, 0.2) is 12.2 Å². The van der Waals surface area contributed by atoms with Crippen LogP contribution in [0.4, 0.5) is 0 Å². The van der Waals surface area contributed by atoms with Gasteiger partial charge in [-0.25, -0.2) is 0 Å². The van der Waals surface area contributed by atoms with E-state index in [4.69, 9.17) is 9.47 Å². The minimum Gasteiger partial charge on any atom is -0.394 e. The van der Waals surface area contributed by atoms with Crippen molar-refractivity contribution in [3.63, 3.8) is 0 Å². The average molecular weight is 330 g/mol. The predicted molar refractivity (Wildman–Crippen MR) is 90.3 cm³/mol. The summed E-state index contributed by atoms with van der Waals surface area (Å²) in [5.41, 5.74) is 0. The molecule has 0 aromatic heterocycles.